The molecule has 15 heavy (non-hydrogen) atoms. The zero-order chi connectivity index (χ0) is 10.8. The second-order valence-electron chi connectivity index (χ2n) is 4.38. The summed E-state index contributed by atoms with van der Waals surface area (Å²) in [5, 5.41) is 0. The number of benzene rings is 1. The third-order valence-corrected chi connectivity index (χ3v) is 3.42. The van der Waals surface area contributed by atoms with Gasteiger partial charge >= 0.3 is 0 Å². The quantitative estimate of drug-likeness (QED) is 0.680. The van der Waals surface area contributed by atoms with E-state index >= 15 is 0 Å². The van der Waals surface area contributed by atoms with Crippen LogP contribution in [0.5, 0.6) is 0 Å². The number of fused-ring (bicyclic) bond motifs is 1. The molecule has 0 aliphatic heterocycles. The van der Waals surface area contributed by atoms with E-state index in [0.717, 1.165) is 30.3 Å². The van der Waals surface area contributed by atoms with Crippen LogP contribution in [0.2, 0.25) is 0 Å². The Kier molecular flexibility index (Phi) is 2.85. The van der Waals surface area contributed by atoms with Crippen LogP contribution in [-0.2, 0) is 17.6 Å². The van der Waals surface area contributed by atoms with Gasteiger partial charge in [0.15, 0.2) is 0 Å². The fourth-order valence-corrected chi connectivity index (χ4v) is 2.33. The van der Waals surface area contributed by atoms with Crippen LogP contribution in [0.3, 0.4) is 0 Å². The Hall–Kier alpha value is -1.18. The number of carbonyl (C=O) groups is 1. The highest BCUT2D eigenvalue weighted by Crippen LogP contribution is 2.30. The number of carbonyl (C=O) groups excluding carboxylic acids is 1. The Morgan fingerprint density at radius 1 is 1.53 bits per heavy atom. The van der Waals surface area contributed by atoms with Crippen molar-refractivity contribution in [2.24, 2.45) is 11.8 Å². The SMILES string of the molecule is CC(C=O)C1CCc2cccc(F)c2C1. The molecule has 0 saturated heterocycles. The molecule has 1 aliphatic carbocycles. The van der Waals surface area contributed by atoms with Crippen molar-refractivity contribution in [3.05, 3.63) is 35.1 Å². The molecule has 2 rings (SSSR count). The van der Waals surface area contributed by atoms with E-state index < -0.39 is 0 Å². The van der Waals surface area contributed by atoms with Gasteiger partial charge in [-0.15, -0.1) is 0 Å². The normalized spacial score (nSPS) is 21.9. The molecule has 2 atom stereocenters. The van der Waals surface area contributed by atoms with E-state index in [1.165, 1.54) is 6.07 Å². The number of hydrogen-bond acceptors (Lipinski definition) is 1. The van der Waals surface area contributed by atoms with E-state index in [4.69, 9.17) is 0 Å². The molecular formula is C13H15FO. The number of rotatable bonds is 2. The van der Waals surface area contributed by atoms with Gasteiger partial charge in [0.25, 0.3) is 0 Å². The van der Waals surface area contributed by atoms with Gasteiger partial charge in [0.05, 0.1) is 0 Å². The van der Waals surface area contributed by atoms with Gasteiger partial charge in [0.1, 0.15) is 12.1 Å². The Morgan fingerprint density at radius 2 is 2.33 bits per heavy atom. The number of halogens is 1. The molecule has 0 saturated carbocycles. The minimum absolute atomic E-state index is 0.0396. The average molecular weight is 206 g/mol. The largest absolute Gasteiger partial charge is 0.303 e. The molecule has 0 amide bonds. The highest BCUT2D eigenvalue weighted by atomic mass is 19.1. The van der Waals surface area contributed by atoms with E-state index in [0.29, 0.717) is 12.3 Å². The molecule has 80 valence electrons. The fourth-order valence-electron chi connectivity index (χ4n) is 2.33. The molecule has 0 N–H and O–H groups in total. The zero-order valence-electron chi connectivity index (χ0n) is 8.87. The van der Waals surface area contributed by atoms with E-state index in [2.05, 4.69) is 0 Å². The highest BCUT2D eigenvalue weighted by Gasteiger charge is 2.24. The van der Waals surface area contributed by atoms with Gasteiger partial charge in [0.2, 0.25) is 0 Å². The standard InChI is InChI=1S/C13H15FO/c1-9(8-15)11-6-5-10-3-2-4-13(14)12(10)7-11/h2-4,8-9,11H,5-7H2,1H3. The van der Waals surface area contributed by atoms with Crippen molar-refractivity contribution in [2.75, 3.05) is 0 Å². The topological polar surface area (TPSA) is 17.1 Å². The van der Waals surface area contributed by atoms with Gasteiger partial charge in [-0.25, -0.2) is 4.39 Å². The van der Waals surface area contributed by atoms with Crippen molar-refractivity contribution in [2.45, 2.75) is 26.2 Å². The van der Waals surface area contributed by atoms with Crippen molar-refractivity contribution in [3.63, 3.8) is 0 Å². The lowest BCUT2D eigenvalue weighted by Gasteiger charge is -2.26. The van der Waals surface area contributed by atoms with E-state index in [-0.39, 0.29) is 11.7 Å². The molecule has 0 heterocycles. The third-order valence-electron chi connectivity index (χ3n) is 3.42. The third kappa shape index (κ3) is 1.94. The summed E-state index contributed by atoms with van der Waals surface area (Å²) in [6, 6.07) is 5.25. The first-order valence-corrected chi connectivity index (χ1v) is 5.44. The lowest BCUT2D eigenvalue weighted by molar-refractivity contribution is -0.112. The van der Waals surface area contributed by atoms with Gasteiger partial charge < -0.3 is 4.79 Å². The molecule has 0 spiro atoms. The van der Waals surface area contributed by atoms with Gasteiger partial charge in [-0.1, -0.05) is 19.1 Å². The van der Waals surface area contributed by atoms with Crippen LogP contribution in [0.25, 0.3) is 0 Å². The van der Waals surface area contributed by atoms with Crippen LogP contribution in [0.4, 0.5) is 4.39 Å². The Bertz CT molecular complexity index is 373. The summed E-state index contributed by atoms with van der Waals surface area (Å²) in [6.45, 7) is 1.92. The van der Waals surface area contributed by atoms with Crippen LogP contribution >= 0.6 is 0 Å². The van der Waals surface area contributed by atoms with Crippen LogP contribution < -0.4 is 0 Å². The number of hydrogen-bond donors (Lipinski definition) is 0. The summed E-state index contributed by atoms with van der Waals surface area (Å²) in [5.74, 6) is 0.236. The first kappa shape index (κ1) is 10.3. The maximum Gasteiger partial charge on any atom is 0.126 e. The van der Waals surface area contributed by atoms with Gasteiger partial charge in [-0.05, 0) is 42.4 Å². The van der Waals surface area contributed by atoms with Crippen molar-refractivity contribution < 1.29 is 9.18 Å². The minimum Gasteiger partial charge on any atom is -0.303 e. The van der Waals surface area contributed by atoms with Crippen molar-refractivity contribution in [1.29, 1.82) is 0 Å². The van der Waals surface area contributed by atoms with Crippen LogP contribution in [-0.4, -0.2) is 6.29 Å². The molecule has 1 aromatic carbocycles. The lowest BCUT2D eigenvalue weighted by Crippen LogP contribution is -2.22. The van der Waals surface area contributed by atoms with Crippen LogP contribution in [0, 0.1) is 17.7 Å². The molecule has 0 aromatic heterocycles. The maximum atomic E-state index is 13.5. The fraction of sp³-hybridized carbons (Fsp3) is 0.462. The summed E-state index contributed by atoms with van der Waals surface area (Å²) in [4.78, 5) is 10.7. The van der Waals surface area contributed by atoms with Crippen molar-refractivity contribution in [1.82, 2.24) is 0 Å². The molecule has 2 unspecified atom stereocenters. The molecular weight excluding hydrogens is 191 g/mol. The van der Waals surface area contributed by atoms with E-state index in [1.807, 2.05) is 13.0 Å². The Morgan fingerprint density at radius 3 is 3.07 bits per heavy atom. The number of aldehydes is 1. The maximum absolute atomic E-state index is 13.5. The van der Waals surface area contributed by atoms with Gasteiger partial charge in [-0.2, -0.15) is 0 Å². The summed E-state index contributed by atoms with van der Waals surface area (Å²) in [6.07, 6.45) is 3.59. The molecule has 0 fully saturated rings. The smallest absolute Gasteiger partial charge is 0.126 e. The van der Waals surface area contributed by atoms with Crippen molar-refractivity contribution in [3.8, 4) is 0 Å². The zero-order valence-corrected chi connectivity index (χ0v) is 8.87. The summed E-state index contributed by atoms with van der Waals surface area (Å²) in [7, 11) is 0. The second kappa shape index (κ2) is 4.13. The number of aryl methyl sites for hydroxylation is 1. The molecule has 1 aromatic rings. The molecule has 1 nitrogen and oxygen atoms in total. The Labute approximate surface area is 89.3 Å². The minimum atomic E-state index is -0.115. The highest BCUT2D eigenvalue weighted by molar-refractivity contribution is 5.53. The first-order valence-electron chi connectivity index (χ1n) is 5.44. The van der Waals surface area contributed by atoms with Gasteiger partial charge in [0, 0.05) is 5.92 Å². The molecule has 0 radical (unpaired) electrons. The first-order chi connectivity index (χ1) is 7.22. The van der Waals surface area contributed by atoms with E-state index in [9.17, 15) is 9.18 Å². The molecule has 0 bridgehead atoms. The van der Waals surface area contributed by atoms with Crippen LogP contribution in [0.15, 0.2) is 18.2 Å². The summed E-state index contributed by atoms with van der Waals surface area (Å²) in [5.41, 5.74) is 1.94. The molecule has 2 heteroatoms. The summed E-state index contributed by atoms with van der Waals surface area (Å²) < 4.78 is 13.5. The van der Waals surface area contributed by atoms with Crippen LogP contribution in [0.1, 0.15) is 24.5 Å². The van der Waals surface area contributed by atoms with Gasteiger partial charge in [-0.3, -0.25) is 0 Å². The average Bonchev–Trinajstić information content (AvgIpc) is 2.28. The monoisotopic (exact) mass is 206 g/mol. The molecule has 1 aliphatic rings. The summed E-state index contributed by atoms with van der Waals surface area (Å²) >= 11 is 0. The van der Waals surface area contributed by atoms with E-state index in [1.54, 1.807) is 6.07 Å². The second-order valence-corrected chi connectivity index (χ2v) is 4.38. The van der Waals surface area contributed by atoms with Crippen molar-refractivity contribution >= 4 is 6.29 Å². The predicted octanol–water partition coefficient (Wildman–Crippen LogP) is 2.77. The lowest BCUT2D eigenvalue weighted by atomic mass is 9.78. The predicted molar refractivity (Wildman–Crippen MR) is 57.1 cm³/mol. The Balaban J connectivity index is 2.25.